The molecule has 1 aliphatic carbocycles. The van der Waals surface area contributed by atoms with Gasteiger partial charge in [0.25, 0.3) is 5.91 Å². The van der Waals surface area contributed by atoms with Crippen LogP contribution in [0.2, 0.25) is 0 Å². The predicted octanol–water partition coefficient (Wildman–Crippen LogP) is 2.33. The van der Waals surface area contributed by atoms with E-state index in [1.165, 1.54) is 6.92 Å². The molecule has 4 rings (SSSR count). The Labute approximate surface area is 169 Å². The van der Waals surface area contributed by atoms with Crippen molar-refractivity contribution in [3.8, 4) is 0 Å². The molecule has 2 aromatic rings. The van der Waals surface area contributed by atoms with Gasteiger partial charge in [0, 0.05) is 29.6 Å². The summed E-state index contributed by atoms with van der Waals surface area (Å²) in [5.41, 5.74) is 3.58. The molecule has 8 nitrogen and oxygen atoms in total. The minimum absolute atomic E-state index is 0.0901. The number of carbonyl (C=O) groups excluding carboxylic acids is 2. The average Bonchev–Trinajstić information content (AvgIpc) is 3.23. The molecule has 9 heteroatoms. The first-order chi connectivity index (χ1) is 13.8. The number of amides is 2. The summed E-state index contributed by atoms with van der Waals surface area (Å²) in [7, 11) is -3.03. The van der Waals surface area contributed by atoms with Crippen molar-refractivity contribution in [2.75, 3.05) is 22.1 Å². The van der Waals surface area contributed by atoms with E-state index in [4.69, 9.17) is 0 Å². The van der Waals surface area contributed by atoms with Gasteiger partial charge in [0.2, 0.25) is 5.91 Å². The first-order valence-electron chi connectivity index (χ1n) is 9.82. The second kappa shape index (κ2) is 7.62. The lowest BCUT2D eigenvalue weighted by atomic mass is 9.95. The molecule has 0 bridgehead atoms. The van der Waals surface area contributed by atoms with Crippen LogP contribution >= 0.6 is 0 Å². The number of anilines is 2. The minimum Gasteiger partial charge on any atom is -0.326 e. The van der Waals surface area contributed by atoms with Crippen LogP contribution in [0.3, 0.4) is 0 Å². The molecule has 1 fully saturated rings. The Morgan fingerprint density at radius 1 is 1.07 bits per heavy atom. The Hall–Kier alpha value is -2.68. The van der Waals surface area contributed by atoms with Crippen molar-refractivity contribution in [3.63, 3.8) is 0 Å². The third-order valence-corrected chi connectivity index (χ3v) is 7.19. The maximum absolute atomic E-state index is 12.9. The van der Waals surface area contributed by atoms with Crippen molar-refractivity contribution in [3.05, 3.63) is 41.2 Å². The third-order valence-electron chi connectivity index (χ3n) is 5.44. The Bertz CT molecular complexity index is 1060. The number of benzene rings is 1. The van der Waals surface area contributed by atoms with E-state index in [2.05, 4.69) is 15.7 Å². The number of nitrogens with zero attached hydrogens (tertiary/aromatic N) is 2. The summed E-state index contributed by atoms with van der Waals surface area (Å²) in [4.78, 5) is 24.0. The van der Waals surface area contributed by atoms with Gasteiger partial charge in [-0.3, -0.25) is 14.3 Å². The molecule has 0 spiro atoms. The topological polar surface area (TPSA) is 110 Å². The molecule has 1 aliphatic heterocycles. The molecule has 2 aliphatic rings. The summed E-state index contributed by atoms with van der Waals surface area (Å²) in [6.07, 6.45) is 4.15. The summed E-state index contributed by atoms with van der Waals surface area (Å²) in [6.45, 7) is 1.44. The van der Waals surface area contributed by atoms with Crippen LogP contribution in [0.5, 0.6) is 0 Å². The van der Waals surface area contributed by atoms with Crippen molar-refractivity contribution in [1.82, 2.24) is 9.78 Å². The first-order valence-corrected chi connectivity index (χ1v) is 11.6. The van der Waals surface area contributed by atoms with Crippen LogP contribution in [-0.2, 0) is 27.5 Å². The van der Waals surface area contributed by atoms with Crippen LogP contribution in [0, 0.1) is 0 Å². The molecule has 2 amide bonds. The van der Waals surface area contributed by atoms with Gasteiger partial charge in [-0.05, 0) is 56.4 Å². The Morgan fingerprint density at radius 3 is 2.34 bits per heavy atom. The van der Waals surface area contributed by atoms with Gasteiger partial charge in [-0.2, -0.15) is 5.10 Å². The first kappa shape index (κ1) is 19.6. The van der Waals surface area contributed by atoms with E-state index in [0.29, 0.717) is 23.5 Å². The van der Waals surface area contributed by atoms with E-state index >= 15 is 0 Å². The fraction of sp³-hybridized carbons (Fsp3) is 0.450. The molecule has 0 unspecified atom stereocenters. The van der Waals surface area contributed by atoms with Gasteiger partial charge >= 0.3 is 0 Å². The lowest BCUT2D eigenvalue weighted by Gasteiger charge is -2.17. The van der Waals surface area contributed by atoms with Crippen molar-refractivity contribution < 1.29 is 18.0 Å². The fourth-order valence-corrected chi connectivity index (χ4v) is 5.80. The highest BCUT2D eigenvalue weighted by Crippen LogP contribution is 2.31. The molecule has 1 saturated heterocycles. The van der Waals surface area contributed by atoms with Crippen molar-refractivity contribution in [2.45, 2.75) is 45.1 Å². The van der Waals surface area contributed by atoms with Crippen LogP contribution in [0.25, 0.3) is 0 Å². The maximum Gasteiger partial charge on any atom is 0.276 e. The number of nitrogens with one attached hydrogen (secondary N) is 2. The Morgan fingerprint density at radius 2 is 1.72 bits per heavy atom. The summed E-state index contributed by atoms with van der Waals surface area (Å²) in [5, 5.41) is 10.1. The molecule has 154 valence electrons. The lowest BCUT2D eigenvalue weighted by Crippen LogP contribution is -2.17. The molecule has 0 radical (unpaired) electrons. The van der Waals surface area contributed by atoms with Crippen LogP contribution in [0.4, 0.5) is 11.4 Å². The molecule has 1 aromatic heterocycles. The van der Waals surface area contributed by atoms with Gasteiger partial charge in [-0.15, -0.1) is 0 Å². The van der Waals surface area contributed by atoms with Crippen LogP contribution in [0.15, 0.2) is 24.3 Å². The number of sulfone groups is 1. The van der Waals surface area contributed by atoms with Crippen molar-refractivity contribution in [2.24, 2.45) is 0 Å². The van der Waals surface area contributed by atoms with Crippen molar-refractivity contribution in [1.29, 1.82) is 0 Å². The average molecular weight is 417 g/mol. The monoisotopic (exact) mass is 416 g/mol. The SMILES string of the molecule is CC(=O)Nc1ccc(NC(=O)c2nn([C@@H]3CCS(=O)(=O)C3)c3c2CCCC3)cc1. The number of hydrogen-bond donors (Lipinski definition) is 2. The van der Waals surface area contributed by atoms with E-state index in [1.54, 1.807) is 28.9 Å². The molecule has 29 heavy (non-hydrogen) atoms. The smallest absolute Gasteiger partial charge is 0.276 e. The number of fused-ring (bicyclic) bond motifs is 1. The van der Waals surface area contributed by atoms with Gasteiger partial charge in [0.05, 0.1) is 17.5 Å². The summed E-state index contributed by atoms with van der Waals surface area (Å²) in [5.74, 6) is -0.190. The highest BCUT2D eigenvalue weighted by atomic mass is 32.2. The molecule has 1 atom stereocenters. The van der Waals surface area contributed by atoms with E-state index in [-0.39, 0.29) is 29.4 Å². The molecule has 2 N–H and O–H groups in total. The third kappa shape index (κ3) is 4.19. The van der Waals surface area contributed by atoms with E-state index in [1.807, 2.05) is 0 Å². The van der Waals surface area contributed by atoms with Gasteiger partial charge in [-0.25, -0.2) is 8.42 Å². The zero-order valence-electron chi connectivity index (χ0n) is 16.3. The predicted molar refractivity (Wildman–Crippen MR) is 110 cm³/mol. The molecule has 0 saturated carbocycles. The van der Waals surface area contributed by atoms with Crippen LogP contribution in [-0.4, -0.2) is 41.5 Å². The maximum atomic E-state index is 12.9. The molecule has 2 heterocycles. The standard InChI is InChI=1S/C20H24N4O4S/c1-13(25)21-14-6-8-15(9-7-14)22-20(26)19-17-4-2-3-5-18(17)24(23-19)16-10-11-29(27,28)12-16/h6-9,16H,2-5,10-12H2,1H3,(H,21,25)(H,22,26)/t16-/m1/s1. The van der Waals surface area contributed by atoms with E-state index in [0.717, 1.165) is 36.9 Å². The summed E-state index contributed by atoms with van der Waals surface area (Å²) in [6, 6.07) is 6.68. The minimum atomic E-state index is -3.03. The molecule has 1 aromatic carbocycles. The normalized spacial score (nSPS) is 20.1. The van der Waals surface area contributed by atoms with E-state index < -0.39 is 9.84 Å². The lowest BCUT2D eigenvalue weighted by molar-refractivity contribution is -0.114. The Balaban J connectivity index is 1.58. The van der Waals surface area contributed by atoms with Crippen LogP contribution < -0.4 is 10.6 Å². The van der Waals surface area contributed by atoms with Gasteiger partial charge in [0.1, 0.15) is 0 Å². The summed E-state index contributed by atoms with van der Waals surface area (Å²) >= 11 is 0. The largest absolute Gasteiger partial charge is 0.326 e. The second-order valence-corrected chi connectivity index (χ2v) is 9.92. The van der Waals surface area contributed by atoms with Crippen LogP contribution in [0.1, 0.15) is 54.0 Å². The zero-order chi connectivity index (χ0) is 20.6. The van der Waals surface area contributed by atoms with Gasteiger partial charge in [-0.1, -0.05) is 0 Å². The quantitative estimate of drug-likeness (QED) is 0.795. The summed E-state index contributed by atoms with van der Waals surface area (Å²) < 4.78 is 25.6. The van der Waals surface area contributed by atoms with Gasteiger partial charge in [0.15, 0.2) is 15.5 Å². The number of hydrogen-bond acceptors (Lipinski definition) is 5. The Kier molecular flexibility index (Phi) is 5.16. The van der Waals surface area contributed by atoms with Gasteiger partial charge < -0.3 is 10.6 Å². The van der Waals surface area contributed by atoms with E-state index in [9.17, 15) is 18.0 Å². The molecular formula is C20H24N4O4S. The molecular weight excluding hydrogens is 392 g/mol. The number of rotatable bonds is 4. The highest BCUT2D eigenvalue weighted by Gasteiger charge is 2.34. The fourth-order valence-electron chi connectivity index (χ4n) is 4.11. The number of aromatic nitrogens is 2. The number of carbonyl (C=O) groups is 2. The van der Waals surface area contributed by atoms with Crippen molar-refractivity contribution >= 4 is 33.0 Å². The zero-order valence-corrected chi connectivity index (χ0v) is 17.1. The highest BCUT2D eigenvalue weighted by molar-refractivity contribution is 7.91. The second-order valence-electron chi connectivity index (χ2n) is 7.70.